The summed E-state index contributed by atoms with van der Waals surface area (Å²) in [6.07, 6.45) is -11.4. The lowest BCUT2D eigenvalue weighted by Crippen LogP contribution is -2.43. The third-order valence-corrected chi connectivity index (χ3v) is 32.7. The first-order chi connectivity index (χ1) is 60.5. The van der Waals surface area contributed by atoms with Crippen LogP contribution in [0.4, 0.5) is 65.9 Å². The van der Waals surface area contributed by atoms with Gasteiger partial charge in [-0.25, -0.2) is 33.7 Å². The summed E-state index contributed by atoms with van der Waals surface area (Å²) in [5, 5.41) is 3.24. The zero-order valence-electron chi connectivity index (χ0n) is 69.6. The molecule has 8 aromatic carbocycles. The molecule has 6 aliphatic rings. The molecule has 19 nitrogen and oxygen atoms in total. The summed E-state index contributed by atoms with van der Waals surface area (Å²) < 4.78 is 313. The number of halogens is 16. The highest BCUT2D eigenvalue weighted by Crippen LogP contribution is 2.47. The van der Waals surface area contributed by atoms with E-state index in [-0.39, 0.29) is 99.6 Å². The Morgan fingerprint density at radius 3 is 1.32 bits per heavy atom. The Balaban J connectivity index is 0.000000139. The van der Waals surface area contributed by atoms with E-state index in [4.69, 9.17) is 0 Å². The monoisotopic (exact) mass is 1950 g/mol. The number of carbonyl (C=O) groups is 1. The molecule has 0 bridgehead atoms. The summed E-state index contributed by atoms with van der Waals surface area (Å²) in [7, 11) is -16.8. The van der Waals surface area contributed by atoms with E-state index >= 15 is 0 Å². The maximum Gasteiger partial charge on any atom is 0.573 e. The Bertz CT molecular complexity index is 6540. The van der Waals surface area contributed by atoms with Crippen LogP contribution in [0.25, 0.3) is 38.3 Å². The van der Waals surface area contributed by atoms with Gasteiger partial charge in [0.25, 0.3) is 0 Å². The molecule has 129 heavy (non-hydrogen) atoms. The molecular weight excluding hydrogens is 1860 g/mol. The molecule has 0 radical (unpaired) electrons. The summed E-state index contributed by atoms with van der Waals surface area (Å²) in [4.78, 5) is 19.8. The Morgan fingerprint density at radius 1 is 0.419 bits per heavy atom. The van der Waals surface area contributed by atoms with Crippen molar-refractivity contribution in [2.75, 3.05) is 58.9 Å². The molecule has 0 atom stereocenters. The molecule has 1 amide bonds. The average molecular weight is 1950 g/mol. The number of piperidine rings is 4. The second-order valence-electron chi connectivity index (χ2n) is 32.8. The van der Waals surface area contributed by atoms with Gasteiger partial charge in [0, 0.05) is 121 Å². The van der Waals surface area contributed by atoms with Gasteiger partial charge in [0.15, 0.2) is 5.75 Å². The fraction of sp³-hybridized carbons (Fsp3) is 0.367. The maximum absolute atomic E-state index is 13.4. The number of rotatable bonds is 14. The van der Waals surface area contributed by atoms with Crippen molar-refractivity contribution in [2.24, 2.45) is 5.92 Å². The number of H-pyrrole nitrogens is 3. The van der Waals surface area contributed by atoms with E-state index < -0.39 is 115 Å². The van der Waals surface area contributed by atoms with E-state index in [9.17, 15) is 104 Å². The Morgan fingerprint density at radius 2 is 0.860 bits per heavy atom. The number of hydrogen-bond acceptors (Lipinski definition) is 11. The first kappa shape index (κ1) is 95.3. The standard InChI is InChI=1S/C26H27F3N2O3S.C22H20F6N2O2S.C21H20BrF3N2O3S.C21H21F3N2O3S/c1-17-3-2-4-24-22(17)7-8-23(24)19-10-13-31(14-11-19)35(33,34)21-6-5-18-9-12-30(16-20(18)15-21)25(32)26(27,28)29;1-13-2-5-19-16(10-13)17(12-29-19)14-6-8-30(9-7-14)33(31,32)20-11-15(21(23,24)25)3-4-18(20)22(26,27)28;1-13-2-4-18-16(10-13)17(12-26-18)14-6-8-27(9-7-14)31(28,29)20-5-3-15(22)11-19(20)30-21(23,24)25;1-14-6-7-18-16(12-14)17(13-25-18)15-8-10-26(11-9-15)30(27,28)20-5-3-2-4-19(20)29-21(22,23)24/h2-6,8,15,19H,7,9-14,16H2,1H3;2-5,10-12,14,29H,6-9H2,1H3;2-5,10-12,14,26H,6-9H2,1H3;2-7,12-13,15,25H,8-11H2,1H3. The molecular formula is C90H88BrF15N8O11S4. The molecule has 17 rings (SSSR count). The molecule has 5 aliphatic heterocycles. The lowest BCUT2D eigenvalue weighted by molar-refractivity contribution is -0.276. The first-order valence-corrected chi connectivity index (χ1v) is 47.8. The zero-order valence-corrected chi connectivity index (χ0v) is 74.5. The fourth-order valence-electron chi connectivity index (χ4n) is 17.9. The lowest BCUT2D eigenvalue weighted by atomic mass is 9.86. The molecule has 4 saturated heterocycles. The third kappa shape index (κ3) is 21.3. The second kappa shape index (κ2) is 37.1. The zero-order chi connectivity index (χ0) is 93.0. The number of alkyl halides is 15. The van der Waals surface area contributed by atoms with E-state index in [1.807, 2.05) is 81.8 Å². The van der Waals surface area contributed by atoms with Crippen molar-refractivity contribution < 1.29 is 114 Å². The molecule has 3 aromatic heterocycles. The number of amides is 1. The highest BCUT2D eigenvalue weighted by Gasteiger charge is 2.47. The van der Waals surface area contributed by atoms with Gasteiger partial charge in [0.05, 0.1) is 20.9 Å². The molecule has 11 aromatic rings. The van der Waals surface area contributed by atoms with Crippen LogP contribution in [-0.2, 0) is 76.6 Å². The SMILES string of the molecule is Cc1ccc2[nH]cc(C3CCN(S(=O)(=O)c4cc(C(F)(F)F)ccc4C(F)(F)F)CC3)c2c1.Cc1ccc2[nH]cc(C3CCN(S(=O)(=O)c4ccc(Br)cc4OC(F)(F)F)CC3)c2c1.Cc1ccc2[nH]cc(C3CCN(S(=O)(=O)c4ccccc4OC(F)(F)F)CC3)c2c1.Cc1cccc2c1CC=C2C1CCN(S(=O)(=O)c2ccc3c(c2)CN(C(=O)C(F)(F)F)CC3)CC1. The highest BCUT2D eigenvalue weighted by molar-refractivity contribution is 9.10. The quantitative estimate of drug-likeness (QED) is 0.0866. The number of benzene rings is 8. The van der Waals surface area contributed by atoms with Gasteiger partial charge in [-0.15, -0.1) is 26.3 Å². The second-order valence-corrected chi connectivity index (χ2v) is 41.4. The van der Waals surface area contributed by atoms with Gasteiger partial charge in [0.2, 0.25) is 40.1 Å². The Hall–Kier alpha value is -9.74. The number of ether oxygens (including phenoxy) is 2. The molecule has 39 heteroatoms. The summed E-state index contributed by atoms with van der Waals surface area (Å²) in [5.41, 5.74) is 13.0. The van der Waals surface area contributed by atoms with Crippen LogP contribution in [0.1, 0.15) is 141 Å². The fourth-order valence-corrected chi connectivity index (χ4v) is 24.6. The largest absolute Gasteiger partial charge is 0.573 e. The number of aromatic amines is 3. The van der Waals surface area contributed by atoms with Gasteiger partial charge < -0.3 is 29.3 Å². The van der Waals surface area contributed by atoms with Crippen LogP contribution in [0.2, 0.25) is 0 Å². The van der Waals surface area contributed by atoms with E-state index in [2.05, 4.69) is 83.7 Å². The maximum atomic E-state index is 13.4. The van der Waals surface area contributed by atoms with Crippen LogP contribution in [-0.4, -0.2) is 154 Å². The van der Waals surface area contributed by atoms with Gasteiger partial charge in [-0.2, -0.15) is 56.7 Å². The number of nitrogens with zero attached hydrogens (tertiary/aromatic N) is 5. The van der Waals surface area contributed by atoms with E-state index in [0.29, 0.717) is 67.6 Å². The Kier molecular flexibility index (Phi) is 27.4. The van der Waals surface area contributed by atoms with Gasteiger partial charge in [0.1, 0.15) is 15.5 Å². The summed E-state index contributed by atoms with van der Waals surface area (Å²) >= 11 is 3.06. The first-order valence-electron chi connectivity index (χ1n) is 41.2. The molecule has 0 unspecified atom stereocenters. The van der Waals surface area contributed by atoms with Crippen molar-refractivity contribution in [2.45, 2.75) is 167 Å². The molecule has 1 aliphatic carbocycles. The minimum absolute atomic E-state index is 0.0319. The molecule has 690 valence electrons. The predicted molar refractivity (Wildman–Crippen MR) is 458 cm³/mol. The van der Waals surface area contributed by atoms with E-state index in [1.54, 1.807) is 6.07 Å². The van der Waals surface area contributed by atoms with Crippen molar-refractivity contribution >= 4 is 100 Å². The number of sulfonamides is 4. The normalized spacial score (nSPS) is 17.5. The van der Waals surface area contributed by atoms with Crippen molar-refractivity contribution in [3.63, 3.8) is 0 Å². The average Bonchev–Trinajstić information content (AvgIpc) is 1.30. The van der Waals surface area contributed by atoms with E-state index in [1.165, 1.54) is 65.5 Å². The van der Waals surface area contributed by atoms with Crippen molar-refractivity contribution in [3.05, 3.63) is 253 Å². The van der Waals surface area contributed by atoms with Crippen molar-refractivity contribution in [3.8, 4) is 11.5 Å². The topological polar surface area (TPSA) is 236 Å². The number of hydrogen-bond donors (Lipinski definition) is 3. The van der Waals surface area contributed by atoms with Crippen LogP contribution in [0.5, 0.6) is 11.5 Å². The lowest BCUT2D eigenvalue weighted by Gasteiger charge is -2.33. The minimum Gasteiger partial charge on any atom is -0.404 e. The summed E-state index contributed by atoms with van der Waals surface area (Å²) in [5.74, 6) is -2.73. The molecule has 8 heterocycles. The number of aromatic nitrogens is 3. The highest BCUT2D eigenvalue weighted by atomic mass is 79.9. The van der Waals surface area contributed by atoms with Crippen LogP contribution < -0.4 is 9.47 Å². The smallest absolute Gasteiger partial charge is 0.404 e. The Labute approximate surface area is 743 Å². The number of nitrogens with one attached hydrogen (secondary N) is 3. The van der Waals surface area contributed by atoms with Crippen LogP contribution in [0, 0.1) is 33.6 Å². The van der Waals surface area contributed by atoms with Gasteiger partial charge in [-0.05, 0) is 263 Å². The van der Waals surface area contributed by atoms with Crippen LogP contribution in [0.3, 0.4) is 0 Å². The van der Waals surface area contributed by atoms with Crippen molar-refractivity contribution in [1.29, 1.82) is 0 Å². The van der Waals surface area contributed by atoms with E-state index in [0.717, 1.165) is 124 Å². The van der Waals surface area contributed by atoms with Crippen LogP contribution in [0.15, 0.2) is 200 Å². The third-order valence-electron chi connectivity index (χ3n) is 24.5. The summed E-state index contributed by atoms with van der Waals surface area (Å²) in [6.45, 7) is 9.28. The summed E-state index contributed by atoms with van der Waals surface area (Å²) in [6, 6.07) is 38.0. The number of allylic oxidation sites excluding steroid dienone is 2. The number of para-hydroxylation sites is 1. The van der Waals surface area contributed by atoms with Gasteiger partial charge >= 0.3 is 37.2 Å². The molecule has 3 N–H and O–H groups in total. The predicted octanol–water partition coefficient (Wildman–Crippen LogP) is 21.2. The minimum atomic E-state index is -5.12. The number of fused-ring (bicyclic) bond motifs is 5. The number of aryl methyl sites for hydroxylation is 4. The molecule has 0 saturated carbocycles. The molecule has 4 fully saturated rings. The molecule has 0 spiro atoms. The van der Waals surface area contributed by atoms with Gasteiger partial charge in [-0.3, -0.25) is 4.79 Å². The van der Waals surface area contributed by atoms with Crippen LogP contribution >= 0.6 is 15.9 Å². The van der Waals surface area contributed by atoms with Gasteiger partial charge in [-0.1, -0.05) is 93.3 Å². The number of carbonyl (C=O) groups excluding carboxylic acids is 1. The van der Waals surface area contributed by atoms with Crippen molar-refractivity contribution in [1.82, 2.24) is 37.1 Å².